The summed E-state index contributed by atoms with van der Waals surface area (Å²) in [5.74, 6) is -2.55. The maximum atomic E-state index is 14.6. The second-order valence-corrected chi connectivity index (χ2v) is 18.1. The lowest BCUT2D eigenvalue weighted by molar-refractivity contribution is -0.150. The summed E-state index contributed by atoms with van der Waals surface area (Å²) >= 11 is 0. The predicted molar refractivity (Wildman–Crippen MR) is 242 cm³/mol. The van der Waals surface area contributed by atoms with Gasteiger partial charge in [0.25, 0.3) is 0 Å². The van der Waals surface area contributed by atoms with Crippen LogP contribution < -0.4 is 16.0 Å². The van der Waals surface area contributed by atoms with Crippen LogP contribution in [-0.2, 0) is 49.3 Å². The first kappa shape index (κ1) is 54.5. The zero-order valence-electron chi connectivity index (χ0n) is 40.7. The SMILES string of the molecule is CC[C@H](C)[C@@H]([C@@H](CC(=O)N1CCC[C@H]1[C@H](OC)[C@@H](C)C(=O)N[C@@H](Cc1ccccc1)C(OC)OC)OC)N(C)C(=O)[C@@H](NC(=O)[C@H](C(C)C)N(C)C(=O)[C@@H](NC)C(C)C)C(C)C. The molecule has 1 aliphatic heterocycles. The molecule has 0 spiro atoms. The Balaban J connectivity index is 2.34. The van der Waals surface area contributed by atoms with E-state index >= 15 is 0 Å². The highest BCUT2D eigenvalue weighted by molar-refractivity contribution is 5.93. The third kappa shape index (κ3) is 14.2. The van der Waals surface area contributed by atoms with Gasteiger partial charge < -0.3 is 49.6 Å². The third-order valence-corrected chi connectivity index (χ3v) is 12.8. The molecule has 1 saturated heterocycles. The van der Waals surface area contributed by atoms with Crippen LogP contribution in [-0.4, -0.2) is 155 Å². The summed E-state index contributed by atoms with van der Waals surface area (Å²) in [4.78, 5) is 75.4. The number of amides is 5. The molecule has 1 heterocycles. The quantitative estimate of drug-likeness (QED) is 0.115. The van der Waals surface area contributed by atoms with Crippen LogP contribution in [0.1, 0.15) is 93.6 Å². The molecule has 15 nitrogen and oxygen atoms in total. The van der Waals surface area contributed by atoms with Crippen molar-refractivity contribution in [3.63, 3.8) is 0 Å². The Morgan fingerprint density at radius 2 is 1.34 bits per heavy atom. The Hall–Kier alpha value is -3.63. The first-order chi connectivity index (χ1) is 29.3. The van der Waals surface area contributed by atoms with Gasteiger partial charge in [-0.05, 0) is 55.5 Å². The molecule has 10 atom stereocenters. The van der Waals surface area contributed by atoms with Gasteiger partial charge in [-0.3, -0.25) is 24.0 Å². The fourth-order valence-electron chi connectivity index (χ4n) is 9.12. The van der Waals surface area contributed by atoms with E-state index in [9.17, 15) is 24.0 Å². The largest absolute Gasteiger partial charge is 0.379 e. The lowest BCUT2D eigenvalue weighted by atomic mass is 9.89. The van der Waals surface area contributed by atoms with Crippen molar-refractivity contribution < 1.29 is 42.9 Å². The number of rotatable bonds is 26. The van der Waals surface area contributed by atoms with Gasteiger partial charge in [0, 0.05) is 49.1 Å². The average Bonchev–Trinajstić information content (AvgIpc) is 3.72. The van der Waals surface area contributed by atoms with Gasteiger partial charge in [-0.2, -0.15) is 0 Å². The number of likely N-dealkylation sites (tertiary alicyclic amines) is 1. The predicted octanol–water partition coefficient (Wildman–Crippen LogP) is 4.12. The van der Waals surface area contributed by atoms with Crippen molar-refractivity contribution in [2.75, 3.05) is 56.1 Å². The number of ether oxygens (including phenoxy) is 4. The molecule has 62 heavy (non-hydrogen) atoms. The second-order valence-electron chi connectivity index (χ2n) is 18.1. The fourth-order valence-corrected chi connectivity index (χ4v) is 9.12. The van der Waals surface area contributed by atoms with Gasteiger partial charge in [-0.25, -0.2) is 0 Å². The smallest absolute Gasteiger partial charge is 0.245 e. The number of nitrogens with zero attached hydrogens (tertiary/aromatic N) is 3. The van der Waals surface area contributed by atoms with Gasteiger partial charge in [0.2, 0.25) is 29.5 Å². The molecule has 2 rings (SSSR count). The molecule has 0 unspecified atom stereocenters. The number of hydrogen-bond donors (Lipinski definition) is 3. The van der Waals surface area contributed by atoms with Crippen molar-refractivity contribution in [1.29, 1.82) is 0 Å². The Morgan fingerprint density at radius 1 is 0.758 bits per heavy atom. The van der Waals surface area contributed by atoms with Crippen LogP contribution >= 0.6 is 0 Å². The molecule has 0 aromatic heterocycles. The van der Waals surface area contributed by atoms with Crippen LogP contribution in [0.15, 0.2) is 30.3 Å². The number of hydrogen-bond acceptors (Lipinski definition) is 10. The van der Waals surface area contributed by atoms with Gasteiger partial charge in [-0.1, -0.05) is 99.1 Å². The van der Waals surface area contributed by atoms with E-state index in [1.165, 1.54) is 19.1 Å². The molecule has 15 heteroatoms. The van der Waals surface area contributed by atoms with Gasteiger partial charge in [0.1, 0.15) is 12.1 Å². The molecule has 5 amide bonds. The van der Waals surface area contributed by atoms with E-state index in [0.29, 0.717) is 25.8 Å². The summed E-state index contributed by atoms with van der Waals surface area (Å²) in [6, 6.07) is 6.23. The molecule has 354 valence electrons. The lowest BCUT2D eigenvalue weighted by Crippen LogP contribution is -2.61. The first-order valence-corrected chi connectivity index (χ1v) is 22.5. The number of likely N-dealkylation sites (N-methyl/N-ethyl adjacent to an activating group) is 3. The number of benzene rings is 1. The second kappa shape index (κ2) is 26.2. The topological polar surface area (TPSA) is 168 Å². The van der Waals surface area contributed by atoms with Gasteiger partial charge in [-0.15, -0.1) is 0 Å². The Morgan fingerprint density at radius 3 is 1.82 bits per heavy atom. The summed E-state index contributed by atoms with van der Waals surface area (Å²) < 4.78 is 23.3. The summed E-state index contributed by atoms with van der Waals surface area (Å²) in [6.45, 7) is 17.8. The maximum absolute atomic E-state index is 14.6. The number of carbonyl (C=O) groups is 5. The van der Waals surface area contributed by atoms with Crippen LogP contribution in [0.4, 0.5) is 0 Å². The minimum atomic E-state index is -0.907. The standard InChI is InChI=1S/C47H82N6O9/c1-17-31(8)41(52(12)46(58)39(29(4)5)50-44(56)40(30(6)7)51(11)45(57)38(48-10)28(2)3)36(59-13)27-37(54)53-25-21-24-35(53)42(60-14)32(9)43(55)49-34(47(61-15)62-16)26-33-22-19-18-20-23-33/h18-20,22-23,28-32,34-36,38-42,47-48H,17,21,24-27H2,1-16H3,(H,49,55)(H,50,56)/t31-,32+,34-,35-,36+,38-,39-,40-,41-,42+/m0/s1. The molecule has 0 aliphatic carbocycles. The van der Waals surface area contributed by atoms with Crippen LogP contribution in [0.2, 0.25) is 0 Å². The van der Waals surface area contributed by atoms with Gasteiger partial charge >= 0.3 is 0 Å². The Kier molecular flexibility index (Phi) is 23.1. The molecular weight excluding hydrogens is 793 g/mol. The molecule has 1 fully saturated rings. The molecular formula is C47H82N6O9. The van der Waals surface area contributed by atoms with Gasteiger partial charge in [0.15, 0.2) is 6.29 Å². The van der Waals surface area contributed by atoms with Crippen molar-refractivity contribution in [1.82, 2.24) is 30.7 Å². The number of methoxy groups -OCH3 is 4. The van der Waals surface area contributed by atoms with Crippen molar-refractivity contribution >= 4 is 29.5 Å². The van der Waals surface area contributed by atoms with Crippen molar-refractivity contribution in [3.05, 3.63) is 35.9 Å². The normalized spacial score (nSPS) is 18.8. The van der Waals surface area contributed by atoms with Crippen LogP contribution in [0.25, 0.3) is 0 Å². The van der Waals surface area contributed by atoms with E-state index in [-0.39, 0.29) is 59.8 Å². The monoisotopic (exact) mass is 875 g/mol. The van der Waals surface area contributed by atoms with Crippen molar-refractivity contribution in [2.24, 2.45) is 29.6 Å². The molecule has 1 aromatic carbocycles. The molecule has 0 saturated carbocycles. The number of carbonyl (C=O) groups excluding carboxylic acids is 5. The van der Waals surface area contributed by atoms with Crippen LogP contribution in [0.3, 0.4) is 0 Å². The number of nitrogens with one attached hydrogen (secondary N) is 3. The third-order valence-electron chi connectivity index (χ3n) is 12.8. The highest BCUT2D eigenvalue weighted by Gasteiger charge is 2.44. The molecule has 0 bridgehead atoms. The Bertz CT molecular complexity index is 1540. The zero-order chi connectivity index (χ0) is 47.0. The first-order valence-electron chi connectivity index (χ1n) is 22.5. The van der Waals surface area contributed by atoms with E-state index < -0.39 is 60.5 Å². The Labute approximate surface area is 373 Å². The highest BCUT2D eigenvalue weighted by Crippen LogP contribution is 2.30. The van der Waals surface area contributed by atoms with E-state index in [4.69, 9.17) is 18.9 Å². The minimum absolute atomic E-state index is 0.00445. The van der Waals surface area contributed by atoms with Gasteiger partial charge in [0.05, 0.1) is 48.7 Å². The van der Waals surface area contributed by atoms with Crippen LogP contribution in [0, 0.1) is 29.6 Å². The summed E-state index contributed by atoms with van der Waals surface area (Å²) in [5.41, 5.74) is 1.02. The summed E-state index contributed by atoms with van der Waals surface area (Å²) in [6.07, 6.45) is 0.591. The summed E-state index contributed by atoms with van der Waals surface area (Å²) in [7, 11) is 11.3. The zero-order valence-corrected chi connectivity index (χ0v) is 40.7. The summed E-state index contributed by atoms with van der Waals surface area (Å²) in [5, 5.41) is 9.22. The molecule has 0 radical (unpaired) electrons. The van der Waals surface area contributed by atoms with E-state index in [2.05, 4.69) is 16.0 Å². The molecule has 1 aromatic rings. The van der Waals surface area contributed by atoms with E-state index in [1.807, 2.05) is 92.6 Å². The maximum Gasteiger partial charge on any atom is 0.245 e. The lowest BCUT2D eigenvalue weighted by Gasteiger charge is -2.41. The molecule has 3 N–H and O–H groups in total. The van der Waals surface area contributed by atoms with E-state index in [0.717, 1.165) is 12.0 Å². The van der Waals surface area contributed by atoms with Crippen molar-refractivity contribution in [2.45, 2.75) is 149 Å². The van der Waals surface area contributed by atoms with Crippen LogP contribution in [0.5, 0.6) is 0 Å². The minimum Gasteiger partial charge on any atom is -0.379 e. The van der Waals surface area contributed by atoms with Crippen molar-refractivity contribution in [3.8, 4) is 0 Å². The molecule has 1 aliphatic rings. The van der Waals surface area contributed by atoms with E-state index in [1.54, 1.807) is 45.2 Å². The fraction of sp³-hybridized carbons (Fsp3) is 0.766. The average molecular weight is 875 g/mol. The highest BCUT2D eigenvalue weighted by atomic mass is 16.7.